The van der Waals surface area contributed by atoms with Crippen molar-refractivity contribution in [3.63, 3.8) is 0 Å². The highest BCUT2D eigenvalue weighted by Crippen LogP contribution is 2.20. The van der Waals surface area contributed by atoms with Gasteiger partial charge < -0.3 is 10.6 Å². The van der Waals surface area contributed by atoms with E-state index in [1.165, 1.54) is 29.2 Å². The maximum atomic E-state index is 12.0. The first-order chi connectivity index (χ1) is 12.3. The van der Waals surface area contributed by atoms with Crippen molar-refractivity contribution in [1.29, 1.82) is 0 Å². The molecular weight excluding hydrogens is 360 g/mol. The van der Waals surface area contributed by atoms with Crippen molar-refractivity contribution in [3.8, 4) is 0 Å². The number of nitrogens with one attached hydrogen (secondary N) is 2. The molecule has 0 heterocycles. The second-order valence-electron chi connectivity index (χ2n) is 5.55. The van der Waals surface area contributed by atoms with Crippen molar-refractivity contribution >= 4 is 40.5 Å². The van der Waals surface area contributed by atoms with Gasteiger partial charge >= 0.3 is 0 Å². The molecule has 0 saturated heterocycles. The molecule has 8 nitrogen and oxygen atoms in total. The molecule has 2 aromatic rings. The first-order valence-electron chi connectivity index (χ1n) is 7.62. The number of hydrogen-bond donors (Lipinski definition) is 2. The van der Waals surface area contributed by atoms with Crippen LogP contribution in [0.3, 0.4) is 0 Å². The van der Waals surface area contributed by atoms with Crippen LogP contribution in [-0.2, 0) is 9.59 Å². The normalized spacial score (nSPS) is 10.4. The number of anilines is 2. The summed E-state index contributed by atoms with van der Waals surface area (Å²) in [6.07, 6.45) is 0. The number of hydrogen-bond acceptors (Lipinski definition) is 5. The van der Waals surface area contributed by atoms with Crippen molar-refractivity contribution in [2.45, 2.75) is 0 Å². The number of benzene rings is 2. The smallest absolute Gasteiger partial charge is 0.269 e. The van der Waals surface area contributed by atoms with Crippen LogP contribution >= 0.6 is 11.6 Å². The number of halogens is 1. The van der Waals surface area contributed by atoms with Crippen molar-refractivity contribution in [1.82, 2.24) is 4.90 Å². The van der Waals surface area contributed by atoms with Crippen LogP contribution < -0.4 is 10.6 Å². The summed E-state index contributed by atoms with van der Waals surface area (Å²) >= 11 is 5.98. The predicted molar refractivity (Wildman–Crippen MR) is 99.3 cm³/mol. The average molecular weight is 377 g/mol. The summed E-state index contributed by atoms with van der Waals surface area (Å²) in [4.78, 5) is 35.6. The molecule has 2 rings (SSSR count). The Balaban J connectivity index is 1.82. The minimum atomic E-state index is -0.517. The molecule has 0 aliphatic carbocycles. The third-order valence-corrected chi connectivity index (χ3v) is 3.67. The third-order valence-electron chi connectivity index (χ3n) is 3.34. The molecule has 0 bridgehead atoms. The van der Waals surface area contributed by atoms with Gasteiger partial charge in [-0.2, -0.15) is 0 Å². The summed E-state index contributed by atoms with van der Waals surface area (Å²) in [5.74, 6) is -0.643. The topological polar surface area (TPSA) is 105 Å². The van der Waals surface area contributed by atoms with E-state index in [0.717, 1.165) is 0 Å². The minimum absolute atomic E-state index is 0.00109. The van der Waals surface area contributed by atoms with Crippen molar-refractivity contribution < 1.29 is 14.5 Å². The molecule has 0 radical (unpaired) electrons. The number of non-ortho nitro benzene ring substituents is 1. The van der Waals surface area contributed by atoms with Crippen LogP contribution in [0.4, 0.5) is 17.1 Å². The van der Waals surface area contributed by atoms with Gasteiger partial charge in [0, 0.05) is 17.8 Å². The highest BCUT2D eigenvalue weighted by atomic mass is 35.5. The summed E-state index contributed by atoms with van der Waals surface area (Å²) in [5.41, 5.74) is 0.883. The van der Waals surface area contributed by atoms with Gasteiger partial charge in [0.15, 0.2) is 0 Å². The molecule has 0 aromatic heterocycles. The van der Waals surface area contributed by atoms with Gasteiger partial charge in [0.05, 0.1) is 28.7 Å². The number of carbonyl (C=O) groups is 2. The monoisotopic (exact) mass is 376 g/mol. The predicted octanol–water partition coefficient (Wildman–Crippen LogP) is 2.76. The Labute approximate surface area is 154 Å². The standard InChI is InChI=1S/C17H17ClN4O4/c1-21(11-17(24)20-15-5-3-2-4-14(15)18)10-16(23)19-12-6-8-13(9-7-12)22(25)26/h2-9H,10-11H2,1H3,(H,19,23)(H,20,24). The van der Waals surface area contributed by atoms with Crippen LogP contribution in [0.15, 0.2) is 48.5 Å². The van der Waals surface area contributed by atoms with E-state index >= 15 is 0 Å². The molecule has 0 fully saturated rings. The molecular formula is C17H17ClN4O4. The molecule has 0 saturated carbocycles. The molecule has 0 unspecified atom stereocenters. The SMILES string of the molecule is CN(CC(=O)Nc1ccc([N+](=O)[O-])cc1)CC(=O)Nc1ccccc1Cl. The quantitative estimate of drug-likeness (QED) is 0.571. The lowest BCUT2D eigenvalue weighted by atomic mass is 10.3. The lowest BCUT2D eigenvalue weighted by Gasteiger charge is -2.16. The van der Waals surface area contributed by atoms with E-state index in [1.807, 2.05) is 0 Å². The van der Waals surface area contributed by atoms with E-state index < -0.39 is 4.92 Å². The Morgan fingerprint density at radius 3 is 2.19 bits per heavy atom. The van der Waals surface area contributed by atoms with Gasteiger partial charge in [-0.05, 0) is 31.3 Å². The van der Waals surface area contributed by atoms with Crippen LogP contribution in [0.2, 0.25) is 5.02 Å². The number of carbonyl (C=O) groups excluding carboxylic acids is 2. The number of nitrogens with zero attached hydrogens (tertiary/aromatic N) is 2. The van der Waals surface area contributed by atoms with Gasteiger partial charge in [-0.15, -0.1) is 0 Å². The van der Waals surface area contributed by atoms with Gasteiger partial charge in [-0.25, -0.2) is 0 Å². The maximum absolute atomic E-state index is 12.0. The molecule has 9 heteroatoms. The van der Waals surface area contributed by atoms with Gasteiger partial charge in [0.25, 0.3) is 5.69 Å². The Hall–Kier alpha value is -2.97. The van der Waals surface area contributed by atoms with Crippen molar-refractivity contribution in [2.75, 3.05) is 30.8 Å². The van der Waals surface area contributed by atoms with Crippen LogP contribution in [0, 0.1) is 10.1 Å². The highest BCUT2D eigenvalue weighted by Gasteiger charge is 2.12. The fourth-order valence-corrected chi connectivity index (χ4v) is 2.35. The molecule has 0 aliphatic rings. The van der Waals surface area contributed by atoms with Gasteiger partial charge in [-0.3, -0.25) is 24.6 Å². The molecule has 26 heavy (non-hydrogen) atoms. The fourth-order valence-electron chi connectivity index (χ4n) is 2.17. The van der Waals surface area contributed by atoms with E-state index in [1.54, 1.807) is 31.3 Å². The Bertz CT molecular complexity index is 811. The zero-order chi connectivity index (χ0) is 19.1. The molecule has 2 aromatic carbocycles. The zero-order valence-corrected chi connectivity index (χ0v) is 14.7. The Morgan fingerprint density at radius 1 is 1.04 bits per heavy atom. The minimum Gasteiger partial charge on any atom is -0.325 e. The number of rotatable bonds is 7. The molecule has 2 N–H and O–H groups in total. The largest absolute Gasteiger partial charge is 0.325 e. The van der Waals surface area contributed by atoms with Crippen LogP contribution in [-0.4, -0.2) is 41.8 Å². The van der Waals surface area contributed by atoms with Crippen LogP contribution in [0.25, 0.3) is 0 Å². The van der Waals surface area contributed by atoms with E-state index in [4.69, 9.17) is 11.6 Å². The Morgan fingerprint density at radius 2 is 1.62 bits per heavy atom. The number of nitro benzene ring substituents is 1. The number of likely N-dealkylation sites (N-methyl/N-ethyl adjacent to an activating group) is 1. The molecule has 0 aliphatic heterocycles. The lowest BCUT2D eigenvalue weighted by Crippen LogP contribution is -2.36. The molecule has 0 spiro atoms. The molecule has 0 atom stereocenters. The van der Waals surface area contributed by atoms with Crippen molar-refractivity contribution in [3.05, 3.63) is 63.7 Å². The zero-order valence-electron chi connectivity index (χ0n) is 13.9. The first-order valence-corrected chi connectivity index (χ1v) is 8.00. The van der Waals surface area contributed by atoms with Gasteiger partial charge in [0.2, 0.25) is 11.8 Å². The summed E-state index contributed by atoms with van der Waals surface area (Å²) in [6.45, 7) is -0.0220. The second-order valence-corrected chi connectivity index (χ2v) is 5.96. The summed E-state index contributed by atoms with van der Waals surface area (Å²) in [7, 11) is 1.63. The maximum Gasteiger partial charge on any atom is 0.269 e. The van der Waals surface area contributed by atoms with E-state index in [9.17, 15) is 19.7 Å². The number of nitro groups is 1. The molecule has 2 amide bonds. The average Bonchev–Trinajstić information content (AvgIpc) is 2.57. The second kappa shape index (κ2) is 8.93. The van der Waals surface area contributed by atoms with Gasteiger partial charge in [-0.1, -0.05) is 23.7 Å². The first kappa shape index (κ1) is 19.4. The van der Waals surface area contributed by atoms with Gasteiger partial charge in [0.1, 0.15) is 0 Å². The lowest BCUT2D eigenvalue weighted by molar-refractivity contribution is -0.384. The number of para-hydroxylation sites is 1. The fraction of sp³-hybridized carbons (Fsp3) is 0.176. The van der Waals surface area contributed by atoms with E-state index in [0.29, 0.717) is 16.4 Å². The van der Waals surface area contributed by atoms with Crippen LogP contribution in [0.5, 0.6) is 0 Å². The van der Waals surface area contributed by atoms with E-state index in [2.05, 4.69) is 10.6 Å². The molecule has 136 valence electrons. The summed E-state index contributed by atoms with van der Waals surface area (Å²) in [6, 6.07) is 12.3. The Kier molecular flexibility index (Phi) is 6.65. The van der Waals surface area contributed by atoms with Crippen LogP contribution in [0.1, 0.15) is 0 Å². The summed E-state index contributed by atoms with van der Waals surface area (Å²) < 4.78 is 0. The van der Waals surface area contributed by atoms with Crippen molar-refractivity contribution in [2.24, 2.45) is 0 Å². The van der Waals surface area contributed by atoms with E-state index in [-0.39, 0.29) is 30.6 Å². The summed E-state index contributed by atoms with van der Waals surface area (Å²) in [5, 5.41) is 16.3. The number of amides is 2. The highest BCUT2D eigenvalue weighted by molar-refractivity contribution is 6.33. The third kappa shape index (κ3) is 5.83.